The van der Waals surface area contributed by atoms with Gasteiger partial charge in [-0.05, 0) is 24.1 Å². The van der Waals surface area contributed by atoms with Crippen LogP contribution in [0.15, 0.2) is 54.5 Å². The SMILES string of the molecule is CCCC(NC(=O)/C(C#N)=C/c1ccncn1)c1ccccc1. The number of nitrogens with zero attached hydrogens (tertiary/aromatic N) is 3. The molecule has 5 nitrogen and oxygen atoms in total. The minimum absolute atomic E-state index is 0.0285. The van der Waals surface area contributed by atoms with Crippen LogP contribution >= 0.6 is 0 Å². The normalized spacial score (nSPS) is 12.3. The van der Waals surface area contributed by atoms with E-state index in [9.17, 15) is 10.1 Å². The van der Waals surface area contributed by atoms with Crippen LogP contribution in [0, 0.1) is 11.3 Å². The molecule has 116 valence electrons. The maximum absolute atomic E-state index is 12.4. The van der Waals surface area contributed by atoms with Gasteiger partial charge in [-0.25, -0.2) is 9.97 Å². The molecule has 1 heterocycles. The van der Waals surface area contributed by atoms with Gasteiger partial charge in [0.25, 0.3) is 5.91 Å². The summed E-state index contributed by atoms with van der Waals surface area (Å²) in [6.07, 6.45) is 6.14. The molecule has 0 bridgehead atoms. The second kappa shape index (κ2) is 8.44. The Bertz CT molecular complexity index is 705. The van der Waals surface area contributed by atoms with Crippen LogP contribution in [0.3, 0.4) is 0 Å². The fraction of sp³-hybridized carbons (Fsp3) is 0.222. The Morgan fingerprint density at radius 1 is 1.35 bits per heavy atom. The molecule has 0 saturated carbocycles. The summed E-state index contributed by atoms with van der Waals surface area (Å²) in [6.45, 7) is 2.06. The van der Waals surface area contributed by atoms with Gasteiger partial charge >= 0.3 is 0 Å². The third kappa shape index (κ3) is 4.75. The first-order chi connectivity index (χ1) is 11.2. The predicted octanol–water partition coefficient (Wildman–Crippen LogP) is 3.04. The van der Waals surface area contributed by atoms with E-state index in [1.807, 2.05) is 36.4 Å². The Hall–Kier alpha value is -3.00. The lowest BCUT2D eigenvalue weighted by Gasteiger charge is -2.18. The van der Waals surface area contributed by atoms with E-state index in [0.29, 0.717) is 5.69 Å². The van der Waals surface area contributed by atoms with E-state index >= 15 is 0 Å². The molecular weight excluding hydrogens is 288 g/mol. The van der Waals surface area contributed by atoms with Gasteiger partial charge in [-0.1, -0.05) is 43.7 Å². The van der Waals surface area contributed by atoms with E-state index in [2.05, 4.69) is 22.2 Å². The molecule has 2 aromatic rings. The maximum Gasteiger partial charge on any atom is 0.262 e. The van der Waals surface area contributed by atoms with E-state index in [-0.39, 0.29) is 11.6 Å². The van der Waals surface area contributed by atoms with Crippen LogP contribution in [0.1, 0.15) is 37.1 Å². The van der Waals surface area contributed by atoms with Crippen molar-refractivity contribution in [3.8, 4) is 6.07 Å². The molecule has 0 aliphatic carbocycles. The average molecular weight is 306 g/mol. The molecule has 23 heavy (non-hydrogen) atoms. The Morgan fingerprint density at radius 2 is 2.13 bits per heavy atom. The van der Waals surface area contributed by atoms with Gasteiger partial charge in [0, 0.05) is 6.20 Å². The Balaban J connectivity index is 2.17. The standard InChI is InChI=1S/C18H18N4O/c1-2-6-17(14-7-4-3-5-8-14)22-18(23)15(12-19)11-16-9-10-20-13-21-16/h3-5,7-11,13,17H,2,6H2,1H3,(H,22,23)/b15-11+. The third-order valence-corrected chi connectivity index (χ3v) is 3.35. The lowest BCUT2D eigenvalue weighted by molar-refractivity contribution is -0.117. The monoisotopic (exact) mass is 306 g/mol. The van der Waals surface area contributed by atoms with Crippen molar-refractivity contribution in [3.63, 3.8) is 0 Å². The molecule has 0 spiro atoms. The van der Waals surface area contributed by atoms with Crippen molar-refractivity contribution in [1.29, 1.82) is 5.26 Å². The molecule has 1 atom stereocenters. The number of carbonyl (C=O) groups is 1. The third-order valence-electron chi connectivity index (χ3n) is 3.35. The highest BCUT2D eigenvalue weighted by atomic mass is 16.1. The van der Waals surface area contributed by atoms with Crippen molar-refractivity contribution in [3.05, 3.63) is 65.8 Å². The second-order valence-corrected chi connectivity index (χ2v) is 5.03. The molecule has 0 aliphatic heterocycles. The first-order valence-electron chi connectivity index (χ1n) is 7.48. The van der Waals surface area contributed by atoms with Crippen LogP contribution in [0.5, 0.6) is 0 Å². The van der Waals surface area contributed by atoms with Gasteiger partial charge in [0.1, 0.15) is 18.0 Å². The van der Waals surface area contributed by atoms with Gasteiger partial charge in [0.05, 0.1) is 11.7 Å². The number of aromatic nitrogens is 2. The molecule has 0 fully saturated rings. The Kier molecular flexibility index (Phi) is 6.01. The van der Waals surface area contributed by atoms with Crippen molar-refractivity contribution in [2.45, 2.75) is 25.8 Å². The van der Waals surface area contributed by atoms with E-state index in [4.69, 9.17) is 0 Å². The summed E-state index contributed by atoms with van der Waals surface area (Å²) in [5, 5.41) is 12.2. The van der Waals surface area contributed by atoms with E-state index < -0.39 is 5.91 Å². The summed E-state index contributed by atoms with van der Waals surface area (Å²) in [4.78, 5) is 20.2. The molecule has 0 radical (unpaired) electrons. The zero-order valence-electron chi connectivity index (χ0n) is 12.9. The fourth-order valence-corrected chi connectivity index (χ4v) is 2.21. The number of carbonyl (C=O) groups excluding carboxylic acids is 1. The molecule has 0 saturated heterocycles. The molecule has 1 N–H and O–H groups in total. The van der Waals surface area contributed by atoms with Crippen molar-refractivity contribution in [2.24, 2.45) is 0 Å². The number of nitrogens with one attached hydrogen (secondary N) is 1. The van der Waals surface area contributed by atoms with Crippen LogP contribution in [-0.2, 0) is 4.79 Å². The van der Waals surface area contributed by atoms with Gasteiger partial charge < -0.3 is 5.32 Å². The van der Waals surface area contributed by atoms with Crippen molar-refractivity contribution >= 4 is 12.0 Å². The molecule has 1 aromatic carbocycles. The summed E-state index contributed by atoms with van der Waals surface area (Å²) in [7, 11) is 0. The highest BCUT2D eigenvalue weighted by Gasteiger charge is 2.16. The van der Waals surface area contributed by atoms with Crippen molar-refractivity contribution < 1.29 is 4.79 Å². The molecular formula is C18H18N4O. The molecule has 1 unspecified atom stereocenters. The van der Waals surface area contributed by atoms with Crippen LogP contribution in [-0.4, -0.2) is 15.9 Å². The molecule has 1 amide bonds. The maximum atomic E-state index is 12.4. The highest BCUT2D eigenvalue weighted by Crippen LogP contribution is 2.18. The van der Waals surface area contributed by atoms with Gasteiger partial charge in [0.15, 0.2) is 0 Å². The molecule has 1 aromatic heterocycles. The molecule has 2 rings (SSSR count). The number of amides is 1. The zero-order valence-corrected chi connectivity index (χ0v) is 12.9. The van der Waals surface area contributed by atoms with Crippen LogP contribution < -0.4 is 5.32 Å². The first kappa shape index (κ1) is 16.4. The highest BCUT2D eigenvalue weighted by molar-refractivity contribution is 6.01. The van der Waals surface area contributed by atoms with E-state index in [0.717, 1.165) is 18.4 Å². The van der Waals surface area contributed by atoms with Gasteiger partial charge in [-0.15, -0.1) is 0 Å². The largest absolute Gasteiger partial charge is 0.345 e. The summed E-state index contributed by atoms with van der Waals surface area (Å²) in [6, 6.07) is 13.2. The minimum Gasteiger partial charge on any atom is -0.345 e. The van der Waals surface area contributed by atoms with Crippen molar-refractivity contribution in [2.75, 3.05) is 0 Å². The minimum atomic E-state index is -0.395. The zero-order chi connectivity index (χ0) is 16.5. The summed E-state index contributed by atoms with van der Waals surface area (Å²) >= 11 is 0. The van der Waals surface area contributed by atoms with Gasteiger partial charge in [-0.3, -0.25) is 4.79 Å². The quantitative estimate of drug-likeness (QED) is 0.657. The van der Waals surface area contributed by atoms with Crippen LogP contribution in [0.25, 0.3) is 6.08 Å². The Labute approximate surface area is 135 Å². The Morgan fingerprint density at radius 3 is 2.74 bits per heavy atom. The number of benzene rings is 1. The number of hydrogen-bond donors (Lipinski definition) is 1. The summed E-state index contributed by atoms with van der Waals surface area (Å²) < 4.78 is 0. The lowest BCUT2D eigenvalue weighted by atomic mass is 10.0. The average Bonchev–Trinajstić information content (AvgIpc) is 2.61. The predicted molar refractivity (Wildman–Crippen MR) is 87.9 cm³/mol. The lowest BCUT2D eigenvalue weighted by Crippen LogP contribution is -2.29. The summed E-state index contributed by atoms with van der Waals surface area (Å²) in [5.74, 6) is -0.395. The number of nitriles is 1. The number of rotatable bonds is 6. The molecule has 0 aliphatic rings. The van der Waals surface area contributed by atoms with Gasteiger partial charge in [-0.2, -0.15) is 5.26 Å². The van der Waals surface area contributed by atoms with Crippen LogP contribution in [0.4, 0.5) is 0 Å². The van der Waals surface area contributed by atoms with E-state index in [1.54, 1.807) is 12.3 Å². The van der Waals surface area contributed by atoms with Crippen molar-refractivity contribution in [1.82, 2.24) is 15.3 Å². The number of hydrogen-bond acceptors (Lipinski definition) is 4. The molecule has 5 heteroatoms. The second-order valence-electron chi connectivity index (χ2n) is 5.03. The topological polar surface area (TPSA) is 78.7 Å². The summed E-state index contributed by atoms with van der Waals surface area (Å²) in [5.41, 5.74) is 1.58. The fourth-order valence-electron chi connectivity index (χ4n) is 2.21. The van der Waals surface area contributed by atoms with Gasteiger partial charge in [0.2, 0.25) is 0 Å². The van der Waals surface area contributed by atoms with Crippen LogP contribution in [0.2, 0.25) is 0 Å². The first-order valence-corrected chi connectivity index (χ1v) is 7.48. The smallest absolute Gasteiger partial charge is 0.262 e. The van der Waals surface area contributed by atoms with E-state index in [1.165, 1.54) is 12.4 Å².